The highest BCUT2D eigenvalue weighted by Gasteiger charge is 2.23. The number of nitrogens with zero attached hydrogens (tertiary/aromatic N) is 2. The van der Waals surface area contributed by atoms with E-state index in [2.05, 4.69) is 0 Å². The number of thiophene rings is 1. The Bertz CT molecular complexity index is 1210. The lowest BCUT2D eigenvalue weighted by molar-refractivity contribution is 0.339. The summed E-state index contributed by atoms with van der Waals surface area (Å²) in [6.07, 6.45) is 3.37. The van der Waals surface area contributed by atoms with Crippen molar-refractivity contribution in [2.45, 2.75) is 36.8 Å². The van der Waals surface area contributed by atoms with Gasteiger partial charge in [0.25, 0.3) is 0 Å². The van der Waals surface area contributed by atoms with E-state index in [9.17, 15) is 0 Å². The Morgan fingerprint density at radius 3 is 2.55 bits per heavy atom. The van der Waals surface area contributed by atoms with Crippen LogP contribution in [-0.2, 0) is 18.6 Å². The molecule has 2 aromatic heterocycles. The lowest BCUT2D eigenvalue weighted by Crippen LogP contribution is -1.98. The molecule has 1 aliphatic rings. The number of fused-ring (bicyclic) bond motifs is 3. The van der Waals surface area contributed by atoms with Crippen LogP contribution in [0.3, 0.4) is 0 Å². The first-order valence-corrected chi connectivity index (χ1v) is 12.5. The topological polar surface area (TPSA) is 44.2 Å². The summed E-state index contributed by atoms with van der Waals surface area (Å²) in [5.41, 5.74) is 1.36. The molecular formula is C24H21ClN2O2S2. The number of aromatic nitrogens is 2. The fraction of sp³-hybridized carbons (Fsp3) is 0.250. The predicted octanol–water partition coefficient (Wildman–Crippen LogP) is 7.32. The van der Waals surface area contributed by atoms with E-state index in [-0.39, 0.29) is 0 Å². The standard InChI is InChI=1S/C24H21ClN2O2S2/c1-2-28-16-8-10-17(11-9-16)29-23-22-19-4-3-5-20(19)31-24(22)27-21(26-23)14-30-18-12-6-15(25)7-13-18/h6-13H,2-5,14H2,1H3. The molecule has 0 unspecified atom stereocenters. The molecule has 0 N–H and O–H groups in total. The second-order valence-electron chi connectivity index (χ2n) is 7.23. The van der Waals surface area contributed by atoms with Crippen LogP contribution >= 0.6 is 34.7 Å². The minimum atomic E-state index is 0.641. The molecule has 0 amide bonds. The highest BCUT2D eigenvalue weighted by atomic mass is 35.5. The van der Waals surface area contributed by atoms with Gasteiger partial charge in [0.15, 0.2) is 0 Å². The number of thioether (sulfide) groups is 1. The van der Waals surface area contributed by atoms with E-state index in [4.69, 9.17) is 31.0 Å². The van der Waals surface area contributed by atoms with Crippen molar-refractivity contribution in [1.82, 2.24) is 9.97 Å². The first kappa shape index (κ1) is 20.6. The Kier molecular flexibility index (Phi) is 6.03. The number of hydrogen-bond acceptors (Lipinski definition) is 6. The zero-order valence-corrected chi connectivity index (χ0v) is 19.4. The largest absolute Gasteiger partial charge is 0.494 e. The van der Waals surface area contributed by atoms with Gasteiger partial charge in [0.2, 0.25) is 5.88 Å². The van der Waals surface area contributed by atoms with Crippen molar-refractivity contribution >= 4 is 44.9 Å². The van der Waals surface area contributed by atoms with E-state index >= 15 is 0 Å². The summed E-state index contributed by atoms with van der Waals surface area (Å²) in [6, 6.07) is 15.5. The van der Waals surface area contributed by atoms with Gasteiger partial charge in [-0.25, -0.2) is 4.98 Å². The van der Waals surface area contributed by atoms with Crippen LogP contribution in [0.15, 0.2) is 53.4 Å². The van der Waals surface area contributed by atoms with E-state index in [0.29, 0.717) is 18.2 Å². The molecule has 0 spiro atoms. The minimum absolute atomic E-state index is 0.641. The molecular weight excluding hydrogens is 448 g/mol. The van der Waals surface area contributed by atoms with E-state index in [1.54, 1.807) is 23.1 Å². The van der Waals surface area contributed by atoms with Crippen LogP contribution in [0.2, 0.25) is 5.02 Å². The van der Waals surface area contributed by atoms with Gasteiger partial charge in [0.1, 0.15) is 22.2 Å². The zero-order chi connectivity index (χ0) is 21.2. The molecule has 0 saturated carbocycles. The van der Waals surface area contributed by atoms with Gasteiger partial charge in [-0.3, -0.25) is 0 Å². The molecule has 0 aliphatic heterocycles. The Morgan fingerprint density at radius 2 is 1.77 bits per heavy atom. The van der Waals surface area contributed by atoms with E-state index in [1.165, 1.54) is 16.9 Å². The zero-order valence-electron chi connectivity index (χ0n) is 17.1. The predicted molar refractivity (Wildman–Crippen MR) is 128 cm³/mol. The van der Waals surface area contributed by atoms with Crippen molar-refractivity contribution in [3.05, 3.63) is 69.8 Å². The third-order valence-corrected chi connectivity index (χ3v) is 7.55. The molecule has 0 atom stereocenters. The van der Waals surface area contributed by atoms with Gasteiger partial charge in [0, 0.05) is 14.8 Å². The second-order valence-corrected chi connectivity index (χ2v) is 9.80. The smallest absolute Gasteiger partial charge is 0.231 e. The van der Waals surface area contributed by atoms with Gasteiger partial charge in [-0.05, 0) is 80.3 Å². The Labute approximate surface area is 194 Å². The lowest BCUT2D eigenvalue weighted by atomic mass is 10.2. The molecule has 1 aliphatic carbocycles. The van der Waals surface area contributed by atoms with E-state index in [0.717, 1.165) is 50.3 Å². The molecule has 0 bridgehead atoms. The van der Waals surface area contributed by atoms with Gasteiger partial charge < -0.3 is 9.47 Å². The lowest BCUT2D eigenvalue weighted by Gasteiger charge is -2.10. The van der Waals surface area contributed by atoms with E-state index in [1.807, 2.05) is 55.5 Å². The van der Waals surface area contributed by atoms with Crippen LogP contribution < -0.4 is 9.47 Å². The first-order valence-electron chi connectivity index (χ1n) is 10.3. The van der Waals surface area contributed by atoms with Gasteiger partial charge >= 0.3 is 0 Å². The number of halogens is 1. The minimum Gasteiger partial charge on any atom is -0.494 e. The number of aryl methyl sites for hydroxylation is 2. The highest BCUT2D eigenvalue weighted by molar-refractivity contribution is 7.98. The molecule has 4 nitrogen and oxygen atoms in total. The number of benzene rings is 2. The molecule has 2 heterocycles. The van der Waals surface area contributed by atoms with Crippen molar-refractivity contribution in [3.8, 4) is 17.4 Å². The molecule has 0 fully saturated rings. The van der Waals surface area contributed by atoms with Crippen LogP contribution in [0.4, 0.5) is 0 Å². The van der Waals surface area contributed by atoms with Gasteiger partial charge in [-0.2, -0.15) is 4.98 Å². The fourth-order valence-electron chi connectivity index (χ4n) is 3.70. The Morgan fingerprint density at radius 1 is 1.00 bits per heavy atom. The Balaban J connectivity index is 1.46. The molecule has 158 valence electrons. The maximum Gasteiger partial charge on any atom is 0.231 e. The van der Waals surface area contributed by atoms with Crippen LogP contribution in [0.1, 0.15) is 29.6 Å². The highest BCUT2D eigenvalue weighted by Crippen LogP contribution is 2.42. The molecule has 4 aromatic rings. The summed E-state index contributed by atoms with van der Waals surface area (Å²) in [5.74, 6) is 3.67. The van der Waals surface area contributed by atoms with Crippen LogP contribution in [-0.4, -0.2) is 16.6 Å². The number of ether oxygens (including phenoxy) is 2. The quantitative estimate of drug-likeness (QED) is 0.266. The summed E-state index contributed by atoms with van der Waals surface area (Å²) >= 11 is 9.47. The van der Waals surface area contributed by atoms with Gasteiger partial charge in [0.05, 0.1) is 17.7 Å². The third-order valence-electron chi connectivity index (χ3n) is 5.11. The summed E-state index contributed by atoms with van der Waals surface area (Å²) in [5, 5.41) is 1.81. The number of rotatable bonds is 7. The SMILES string of the molecule is CCOc1ccc(Oc2nc(CSc3ccc(Cl)cc3)nc3sc4c(c23)CCC4)cc1. The normalized spacial score (nSPS) is 12.8. The molecule has 0 saturated heterocycles. The average molecular weight is 469 g/mol. The van der Waals surface area contributed by atoms with Gasteiger partial charge in [-0.1, -0.05) is 11.6 Å². The number of hydrogen-bond donors (Lipinski definition) is 0. The van der Waals surface area contributed by atoms with Crippen molar-refractivity contribution in [3.63, 3.8) is 0 Å². The van der Waals surface area contributed by atoms with Crippen molar-refractivity contribution in [1.29, 1.82) is 0 Å². The maximum atomic E-state index is 6.29. The summed E-state index contributed by atoms with van der Waals surface area (Å²) in [4.78, 5) is 13.3. The maximum absolute atomic E-state index is 6.29. The monoisotopic (exact) mass is 468 g/mol. The molecule has 5 rings (SSSR count). The Hall–Kier alpha value is -2.28. The summed E-state index contributed by atoms with van der Waals surface area (Å²) in [7, 11) is 0. The third kappa shape index (κ3) is 4.52. The molecule has 31 heavy (non-hydrogen) atoms. The van der Waals surface area contributed by atoms with Crippen molar-refractivity contribution in [2.75, 3.05) is 6.61 Å². The van der Waals surface area contributed by atoms with Gasteiger partial charge in [-0.15, -0.1) is 23.1 Å². The molecule has 2 aromatic carbocycles. The summed E-state index contributed by atoms with van der Waals surface area (Å²) in [6.45, 7) is 2.62. The van der Waals surface area contributed by atoms with Crippen LogP contribution in [0, 0.1) is 0 Å². The van der Waals surface area contributed by atoms with Crippen LogP contribution in [0.5, 0.6) is 17.4 Å². The molecule has 0 radical (unpaired) electrons. The second kappa shape index (κ2) is 9.07. The van der Waals surface area contributed by atoms with Crippen molar-refractivity contribution in [2.24, 2.45) is 0 Å². The van der Waals surface area contributed by atoms with E-state index < -0.39 is 0 Å². The van der Waals surface area contributed by atoms with Crippen molar-refractivity contribution < 1.29 is 9.47 Å². The molecule has 7 heteroatoms. The average Bonchev–Trinajstić information content (AvgIpc) is 3.36. The fourth-order valence-corrected chi connectivity index (χ4v) is 5.85. The first-order chi connectivity index (χ1) is 15.2. The summed E-state index contributed by atoms with van der Waals surface area (Å²) < 4.78 is 11.8. The van der Waals surface area contributed by atoms with Crippen LogP contribution in [0.25, 0.3) is 10.2 Å².